The van der Waals surface area contributed by atoms with E-state index in [-0.39, 0.29) is 12.5 Å². The van der Waals surface area contributed by atoms with Gasteiger partial charge in [-0.3, -0.25) is 4.79 Å². The minimum Gasteiger partial charge on any atom is -0.484 e. The Morgan fingerprint density at radius 2 is 1.90 bits per heavy atom. The molecule has 0 aliphatic rings. The van der Waals surface area contributed by atoms with Gasteiger partial charge in [-0.2, -0.15) is 5.10 Å². The van der Waals surface area contributed by atoms with Crippen LogP contribution in [0.25, 0.3) is 0 Å². The number of hydrogen-bond acceptors (Lipinski definition) is 3. The lowest BCUT2D eigenvalue weighted by Gasteiger charge is -2.04. The molecule has 108 valence electrons. The van der Waals surface area contributed by atoms with Gasteiger partial charge in [0.2, 0.25) is 0 Å². The van der Waals surface area contributed by atoms with Crippen molar-refractivity contribution < 1.29 is 9.53 Å². The van der Waals surface area contributed by atoms with Gasteiger partial charge in [-0.25, -0.2) is 5.43 Å². The van der Waals surface area contributed by atoms with E-state index in [4.69, 9.17) is 27.9 Å². The number of hydrogen-bond donors (Lipinski definition) is 1. The van der Waals surface area contributed by atoms with Crippen LogP contribution in [0.1, 0.15) is 5.56 Å². The van der Waals surface area contributed by atoms with Gasteiger partial charge < -0.3 is 4.74 Å². The molecule has 0 aliphatic heterocycles. The minimum absolute atomic E-state index is 0.120. The first-order chi connectivity index (χ1) is 10.2. The van der Waals surface area contributed by atoms with Gasteiger partial charge in [-0.05, 0) is 18.2 Å². The van der Waals surface area contributed by atoms with Crippen LogP contribution < -0.4 is 10.2 Å². The smallest absolute Gasteiger partial charge is 0.277 e. The molecule has 0 fully saturated rings. The molecule has 0 bridgehead atoms. The number of hydrazone groups is 1. The van der Waals surface area contributed by atoms with Crippen molar-refractivity contribution in [2.75, 3.05) is 6.61 Å². The van der Waals surface area contributed by atoms with E-state index in [9.17, 15) is 4.79 Å². The molecule has 0 heterocycles. The Labute approximate surface area is 132 Å². The summed E-state index contributed by atoms with van der Waals surface area (Å²) in [5, 5.41) is 4.62. The number of nitrogens with one attached hydrogen (secondary N) is 1. The summed E-state index contributed by atoms with van der Waals surface area (Å²) in [7, 11) is 0. The number of carbonyl (C=O) groups excluding carboxylic acids is 1. The van der Waals surface area contributed by atoms with Gasteiger partial charge in [0, 0.05) is 5.56 Å². The molecule has 0 unspecified atom stereocenters. The fourth-order valence-electron chi connectivity index (χ4n) is 1.49. The maximum Gasteiger partial charge on any atom is 0.277 e. The van der Waals surface area contributed by atoms with Crippen LogP contribution in [0.2, 0.25) is 10.0 Å². The lowest BCUT2D eigenvalue weighted by molar-refractivity contribution is -0.123. The van der Waals surface area contributed by atoms with Crippen molar-refractivity contribution in [2.45, 2.75) is 0 Å². The molecule has 0 aromatic heterocycles. The molecule has 1 amide bonds. The average Bonchev–Trinajstić information content (AvgIpc) is 2.50. The van der Waals surface area contributed by atoms with Crippen LogP contribution in [0.15, 0.2) is 53.6 Å². The predicted octanol–water partition coefficient (Wildman–Crippen LogP) is 3.52. The number of carbonyl (C=O) groups is 1. The Balaban J connectivity index is 1.83. The van der Waals surface area contributed by atoms with E-state index in [1.165, 1.54) is 6.21 Å². The molecule has 0 saturated heterocycles. The second-order valence-electron chi connectivity index (χ2n) is 4.04. The zero-order valence-corrected chi connectivity index (χ0v) is 12.4. The summed E-state index contributed by atoms with van der Waals surface area (Å²) in [6.45, 7) is -0.120. The molecule has 0 radical (unpaired) electrons. The largest absolute Gasteiger partial charge is 0.484 e. The maximum atomic E-state index is 11.5. The molecule has 6 heteroatoms. The van der Waals surface area contributed by atoms with E-state index in [0.29, 0.717) is 21.4 Å². The zero-order chi connectivity index (χ0) is 15.1. The van der Waals surface area contributed by atoms with Gasteiger partial charge in [-0.1, -0.05) is 53.5 Å². The van der Waals surface area contributed by atoms with Crippen LogP contribution in [0, 0.1) is 0 Å². The third-order valence-corrected chi connectivity index (χ3v) is 3.32. The molecule has 0 spiro atoms. The minimum atomic E-state index is -0.367. The number of nitrogens with zero attached hydrogens (tertiary/aromatic N) is 1. The summed E-state index contributed by atoms with van der Waals surface area (Å²) in [6, 6.07) is 14.2. The fourth-order valence-corrected chi connectivity index (χ4v) is 1.85. The van der Waals surface area contributed by atoms with Crippen molar-refractivity contribution in [2.24, 2.45) is 5.10 Å². The molecule has 1 N–H and O–H groups in total. The van der Waals surface area contributed by atoms with Gasteiger partial charge in [0.25, 0.3) is 5.91 Å². The van der Waals surface area contributed by atoms with Crippen molar-refractivity contribution in [1.82, 2.24) is 5.43 Å². The quantitative estimate of drug-likeness (QED) is 0.676. The van der Waals surface area contributed by atoms with Gasteiger partial charge in [-0.15, -0.1) is 0 Å². The van der Waals surface area contributed by atoms with E-state index in [1.54, 1.807) is 30.3 Å². The zero-order valence-electron chi connectivity index (χ0n) is 10.9. The third-order valence-electron chi connectivity index (χ3n) is 2.49. The summed E-state index contributed by atoms with van der Waals surface area (Å²) in [5.74, 6) is 0.253. The van der Waals surface area contributed by atoms with Gasteiger partial charge >= 0.3 is 0 Å². The highest BCUT2D eigenvalue weighted by Gasteiger charge is 2.03. The number of para-hydroxylation sites is 1. The van der Waals surface area contributed by atoms with Gasteiger partial charge in [0.15, 0.2) is 6.61 Å². The van der Waals surface area contributed by atoms with E-state index < -0.39 is 0 Å². The van der Waals surface area contributed by atoms with Crippen molar-refractivity contribution >= 4 is 35.3 Å². The summed E-state index contributed by atoms with van der Waals surface area (Å²) < 4.78 is 5.28. The summed E-state index contributed by atoms with van der Waals surface area (Å²) in [6.07, 6.45) is 1.43. The van der Waals surface area contributed by atoms with Gasteiger partial charge in [0.1, 0.15) is 5.75 Å². The molecule has 0 aliphatic carbocycles. The maximum absolute atomic E-state index is 11.5. The number of rotatable bonds is 5. The highest BCUT2D eigenvalue weighted by Crippen LogP contribution is 2.24. The Morgan fingerprint density at radius 1 is 1.14 bits per heavy atom. The Kier molecular flexibility index (Phi) is 5.60. The molecule has 2 rings (SSSR count). The second kappa shape index (κ2) is 7.67. The highest BCUT2D eigenvalue weighted by atomic mass is 35.5. The summed E-state index contributed by atoms with van der Waals surface area (Å²) in [4.78, 5) is 11.5. The first-order valence-electron chi connectivity index (χ1n) is 6.10. The Morgan fingerprint density at radius 3 is 2.67 bits per heavy atom. The van der Waals surface area contributed by atoms with Crippen LogP contribution in [-0.4, -0.2) is 18.7 Å². The van der Waals surface area contributed by atoms with Crippen LogP contribution >= 0.6 is 23.2 Å². The van der Waals surface area contributed by atoms with Crippen molar-refractivity contribution in [1.29, 1.82) is 0 Å². The normalized spacial score (nSPS) is 10.6. The number of halogens is 2. The number of ether oxygens (including phenoxy) is 1. The highest BCUT2D eigenvalue weighted by molar-refractivity contribution is 6.43. The lowest BCUT2D eigenvalue weighted by Crippen LogP contribution is -2.24. The number of amides is 1. The Hall–Kier alpha value is -2.04. The predicted molar refractivity (Wildman–Crippen MR) is 84.1 cm³/mol. The topological polar surface area (TPSA) is 50.7 Å². The number of benzene rings is 2. The lowest BCUT2D eigenvalue weighted by atomic mass is 10.2. The van der Waals surface area contributed by atoms with Crippen LogP contribution in [0.4, 0.5) is 0 Å². The molecular formula is C15H12Cl2N2O2. The monoisotopic (exact) mass is 322 g/mol. The molecule has 2 aromatic carbocycles. The second-order valence-corrected chi connectivity index (χ2v) is 4.82. The standard InChI is InChI=1S/C15H12Cl2N2O2/c16-13-8-4-5-11(15(13)17)9-18-19-14(20)10-21-12-6-2-1-3-7-12/h1-9H,10H2,(H,19,20). The Bertz CT molecular complexity index is 645. The molecule has 2 aromatic rings. The first-order valence-corrected chi connectivity index (χ1v) is 6.86. The van der Waals surface area contributed by atoms with Crippen LogP contribution in [0.5, 0.6) is 5.75 Å². The van der Waals surface area contributed by atoms with Crippen molar-refractivity contribution in [3.63, 3.8) is 0 Å². The molecule has 0 atom stereocenters. The first kappa shape index (κ1) is 15.4. The van der Waals surface area contributed by atoms with Crippen molar-refractivity contribution in [3.8, 4) is 5.75 Å². The van der Waals surface area contributed by atoms with Crippen LogP contribution in [-0.2, 0) is 4.79 Å². The summed E-state index contributed by atoms with van der Waals surface area (Å²) in [5.41, 5.74) is 2.97. The van der Waals surface area contributed by atoms with Crippen LogP contribution in [0.3, 0.4) is 0 Å². The van der Waals surface area contributed by atoms with Crippen molar-refractivity contribution in [3.05, 3.63) is 64.1 Å². The molecule has 21 heavy (non-hydrogen) atoms. The molecular weight excluding hydrogens is 311 g/mol. The van der Waals surface area contributed by atoms with E-state index in [1.807, 2.05) is 18.2 Å². The van der Waals surface area contributed by atoms with E-state index in [0.717, 1.165) is 0 Å². The SMILES string of the molecule is O=C(COc1ccccc1)NN=Cc1cccc(Cl)c1Cl. The fraction of sp³-hybridized carbons (Fsp3) is 0.0667. The van der Waals surface area contributed by atoms with E-state index in [2.05, 4.69) is 10.5 Å². The van der Waals surface area contributed by atoms with Gasteiger partial charge in [0.05, 0.1) is 16.3 Å². The average molecular weight is 323 g/mol. The third kappa shape index (κ3) is 4.77. The summed E-state index contributed by atoms with van der Waals surface area (Å²) >= 11 is 11.9. The van der Waals surface area contributed by atoms with E-state index >= 15 is 0 Å². The molecule has 4 nitrogen and oxygen atoms in total. The molecule has 0 saturated carbocycles.